The lowest BCUT2D eigenvalue weighted by molar-refractivity contribution is -0.122. The van der Waals surface area contributed by atoms with Crippen molar-refractivity contribution in [3.8, 4) is 0 Å². The average molecular weight is 292 g/mol. The van der Waals surface area contributed by atoms with Gasteiger partial charge in [-0.15, -0.1) is 0 Å². The molecule has 1 aromatic rings. The van der Waals surface area contributed by atoms with Crippen molar-refractivity contribution in [1.82, 2.24) is 16.0 Å². The van der Waals surface area contributed by atoms with E-state index < -0.39 is 0 Å². The average Bonchev–Trinajstić information content (AvgIpc) is 3.31. The molecule has 0 radical (unpaired) electrons. The van der Waals surface area contributed by atoms with Crippen LogP contribution < -0.4 is 16.0 Å². The lowest BCUT2D eigenvalue weighted by atomic mass is 10.2. The van der Waals surface area contributed by atoms with Crippen LogP contribution in [0.15, 0.2) is 29.3 Å². The molecule has 3 N–H and O–H groups in total. The lowest BCUT2D eigenvalue weighted by Crippen LogP contribution is -2.41. The topological polar surface area (TPSA) is 65.5 Å². The minimum absolute atomic E-state index is 0.138. The summed E-state index contributed by atoms with van der Waals surface area (Å²) in [5.41, 5.74) is 0.847. The Kier molecular flexibility index (Phi) is 5.54. The van der Waals surface area contributed by atoms with Crippen molar-refractivity contribution in [3.63, 3.8) is 0 Å². The molecule has 0 aromatic heterocycles. The van der Waals surface area contributed by atoms with Gasteiger partial charge in [-0.2, -0.15) is 0 Å². The Balaban J connectivity index is 1.64. The molecule has 5 nitrogen and oxygen atoms in total. The Labute approximate surface area is 124 Å². The van der Waals surface area contributed by atoms with E-state index in [1.54, 1.807) is 13.1 Å². The lowest BCUT2D eigenvalue weighted by Gasteiger charge is -2.12. The maximum Gasteiger partial charge on any atom is 0.223 e. The van der Waals surface area contributed by atoms with Gasteiger partial charge in [0, 0.05) is 32.6 Å². The highest BCUT2D eigenvalue weighted by atomic mass is 19.1. The number of hydrogen-bond donors (Lipinski definition) is 3. The molecule has 1 aliphatic rings. The molecule has 1 aliphatic carbocycles. The molecule has 114 valence electrons. The number of nitrogens with zero attached hydrogens (tertiary/aromatic N) is 1. The van der Waals surface area contributed by atoms with Crippen molar-refractivity contribution in [2.75, 3.05) is 20.1 Å². The maximum atomic E-state index is 13.1. The number of amides is 1. The van der Waals surface area contributed by atoms with Crippen LogP contribution in [0.3, 0.4) is 0 Å². The molecule has 1 aromatic carbocycles. The van der Waals surface area contributed by atoms with Crippen LogP contribution >= 0.6 is 0 Å². The Bertz CT molecular complexity index is 514. The summed E-state index contributed by atoms with van der Waals surface area (Å²) in [5.74, 6) is 0.745. The van der Waals surface area contributed by atoms with Crippen LogP contribution in [0.1, 0.15) is 18.4 Å². The summed E-state index contributed by atoms with van der Waals surface area (Å²) in [4.78, 5) is 15.5. The summed E-state index contributed by atoms with van der Waals surface area (Å²) in [6.45, 7) is 1.66. The predicted octanol–water partition coefficient (Wildman–Crippen LogP) is 1.02. The van der Waals surface area contributed by atoms with Crippen molar-refractivity contribution >= 4 is 11.9 Å². The van der Waals surface area contributed by atoms with Crippen LogP contribution in [0.25, 0.3) is 0 Å². The first-order valence-corrected chi connectivity index (χ1v) is 7.15. The third-order valence-electron chi connectivity index (χ3n) is 3.24. The van der Waals surface area contributed by atoms with Crippen molar-refractivity contribution in [1.29, 1.82) is 0 Å². The van der Waals surface area contributed by atoms with E-state index in [9.17, 15) is 9.18 Å². The molecule has 0 aliphatic heterocycles. The summed E-state index contributed by atoms with van der Waals surface area (Å²) >= 11 is 0. The molecular formula is C15H21FN4O. The minimum Gasteiger partial charge on any atom is -0.355 e. The predicted molar refractivity (Wildman–Crippen MR) is 80.3 cm³/mol. The second kappa shape index (κ2) is 7.61. The standard InChI is InChI=1S/C15H21FN4O/c1-17-15(19-8-7-18-14(21)12-5-6-12)20-10-11-3-2-4-13(16)9-11/h2-4,9,12H,5-8,10H2,1H3,(H,18,21)(H2,17,19,20). The number of nitrogens with one attached hydrogen (secondary N) is 3. The number of benzene rings is 1. The first-order chi connectivity index (χ1) is 10.2. The van der Waals surface area contributed by atoms with E-state index in [-0.39, 0.29) is 17.6 Å². The molecule has 1 amide bonds. The number of carbonyl (C=O) groups excluding carboxylic acids is 1. The second-order valence-corrected chi connectivity index (χ2v) is 5.05. The smallest absolute Gasteiger partial charge is 0.223 e. The molecule has 0 saturated heterocycles. The monoisotopic (exact) mass is 292 g/mol. The highest BCUT2D eigenvalue weighted by molar-refractivity contribution is 5.81. The first kappa shape index (κ1) is 15.3. The first-order valence-electron chi connectivity index (χ1n) is 7.15. The molecule has 1 saturated carbocycles. The van der Waals surface area contributed by atoms with E-state index in [2.05, 4.69) is 20.9 Å². The molecule has 21 heavy (non-hydrogen) atoms. The third kappa shape index (κ3) is 5.41. The normalized spacial score (nSPS) is 14.7. The number of carbonyl (C=O) groups is 1. The molecule has 1 fully saturated rings. The SMILES string of the molecule is CN=C(NCCNC(=O)C1CC1)NCc1cccc(F)c1. The summed E-state index contributed by atoms with van der Waals surface area (Å²) in [6.07, 6.45) is 2.02. The summed E-state index contributed by atoms with van der Waals surface area (Å²) in [6, 6.07) is 6.42. The fraction of sp³-hybridized carbons (Fsp3) is 0.467. The van der Waals surface area contributed by atoms with Crippen molar-refractivity contribution < 1.29 is 9.18 Å². The quantitative estimate of drug-likeness (QED) is 0.417. The molecule has 0 atom stereocenters. The highest BCUT2D eigenvalue weighted by Gasteiger charge is 2.28. The maximum absolute atomic E-state index is 13.1. The third-order valence-corrected chi connectivity index (χ3v) is 3.24. The molecular weight excluding hydrogens is 271 g/mol. The number of halogens is 1. The zero-order chi connectivity index (χ0) is 15.1. The molecule has 0 spiro atoms. The fourth-order valence-corrected chi connectivity index (χ4v) is 1.91. The molecule has 0 heterocycles. The second-order valence-electron chi connectivity index (χ2n) is 5.05. The fourth-order valence-electron chi connectivity index (χ4n) is 1.91. The summed E-state index contributed by atoms with van der Waals surface area (Å²) < 4.78 is 13.1. The molecule has 0 bridgehead atoms. The van der Waals surface area contributed by atoms with Crippen molar-refractivity contribution in [3.05, 3.63) is 35.6 Å². The Hall–Kier alpha value is -2.11. The van der Waals surface area contributed by atoms with Crippen LogP contribution in [0.4, 0.5) is 4.39 Å². The summed E-state index contributed by atoms with van der Waals surface area (Å²) in [7, 11) is 1.67. The van der Waals surface area contributed by atoms with E-state index in [4.69, 9.17) is 0 Å². The van der Waals surface area contributed by atoms with E-state index in [1.165, 1.54) is 12.1 Å². The zero-order valence-electron chi connectivity index (χ0n) is 12.2. The van der Waals surface area contributed by atoms with Gasteiger partial charge >= 0.3 is 0 Å². The Morgan fingerprint density at radius 2 is 2.05 bits per heavy atom. The van der Waals surface area contributed by atoms with Gasteiger partial charge in [0.05, 0.1) is 0 Å². The van der Waals surface area contributed by atoms with Crippen molar-refractivity contribution in [2.24, 2.45) is 10.9 Å². The zero-order valence-corrected chi connectivity index (χ0v) is 12.2. The summed E-state index contributed by atoms with van der Waals surface area (Å²) in [5, 5.41) is 9.07. The molecule has 2 rings (SSSR count). The van der Waals surface area contributed by atoms with Gasteiger partial charge in [-0.3, -0.25) is 9.79 Å². The van der Waals surface area contributed by atoms with Gasteiger partial charge in [-0.05, 0) is 30.5 Å². The van der Waals surface area contributed by atoms with Gasteiger partial charge in [0.25, 0.3) is 0 Å². The van der Waals surface area contributed by atoms with Gasteiger partial charge in [-0.1, -0.05) is 12.1 Å². The van der Waals surface area contributed by atoms with Crippen molar-refractivity contribution in [2.45, 2.75) is 19.4 Å². The van der Waals surface area contributed by atoms with Gasteiger partial charge in [0.2, 0.25) is 5.91 Å². The van der Waals surface area contributed by atoms with Crippen LogP contribution in [0, 0.1) is 11.7 Å². The van der Waals surface area contributed by atoms with Crippen LogP contribution in [0.2, 0.25) is 0 Å². The number of aliphatic imine (C=N–C) groups is 1. The molecule has 0 unspecified atom stereocenters. The van der Waals surface area contributed by atoms with Gasteiger partial charge in [0.1, 0.15) is 5.82 Å². The van der Waals surface area contributed by atoms with Gasteiger partial charge < -0.3 is 16.0 Å². The van der Waals surface area contributed by atoms with Crippen LogP contribution in [-0.2, 0) is 11.3 Å². The molecule has 6 heteroatoms. The van der Waals surface area contributed by atoms with E-state index >= 15 is 0 Å². The van der Waals surface area contributed by atoms with E-state index in [1.807, 2.05) is 6.07 Å². The Morgan fingerprint density at radius 1 is 1.29 bits per heavy atom. The van der Waals surface area contributed by atoms with Gasteiger partial charge in [0.15, 0.2) is 5.96 Å². The Morgan fingerprint density at radius 3 is 2.71 bits per heavy atom. The van der Waals surface area contributed by atoms with Gasteiger partial charge in [-0.25, -0.2) is 4.39 Å². The minimum atomic E-state index is -0.250. The number of rotatable bonds is 6. The number of guanidine groups is 1. The van der Waals surface area contributed by atoms with Crippen LogP contribution in [0.5, 0.6) is 0 Å². The number of hydrogen-bond acceptors (Lipinski definition) is 2. The highest BCUT2D eigenvalue weighted by Crippen LogP contribution is 2.28. The van der Waals surface area contributed by atoms with E-state index in [0.717, 1.165) is 18.4 Å². The van der Waals surface area contributed by atoms with Crippen LogP contribution in [-0.4, -0.2) is 32.0 Å². The van der Waals surface area contributed by atoms with E-state index in [0.29, 0.717) is 25.6 Å². The largest absolute Gasteiger partial charge is 0.355 e.